The van der Waals surface area contributed by atoms with Gasteiger partial charge >= 0.3 is 11.9 Å². The quantitative estimate of drug-likeness (QED) is 0.529. The van der Waals surface area contributed by atoms with Crippen molar-refractivity contribution in [3.63, 3.8) is 0 Å². The van der Waals surface area contributed by atoms with Crippen LogP contribution in [-0.2, 0) is 23.8 Å². The Labute approximate surface area is 106 Å². The molecule has 0 aromatic heterocycles. The Kier molecular flexibility index (Phi) is 4.67. The van der Waals surface area contributed by atoms with Crippen LogP contribution in [-0.4, -0.2) is 37.4 Å². The predicted octanol–water partition coefficient (Wildman–Crippen LogP) is 1.38. The summed E-state index contributed by atoms with van der Waals surface area (Å²) in [6.07, 6.45) is 0.680. The van der Waals surface area contributed by atoms with Gasteiger partial charge in [0.05, 0.1) is 6.61 Å². The Balaban J connectivity index is 2.43. The van der Waals surface area contributed by atoms with Crippen molar-refractivity contribution in [1.29, 1.82) is 0 Å². The van der Waals surface area contributed by atoms with Crippen molar-refractivity contribution in [3.05, 3.63) is 24.3 Å². The zero-order valence-corrected chi connectivity index (χ0v) is 10.8. The molecule has 1 heterocycles. The van der Waals surface area contributed by atoms with Crippen LogP contribution in [0.4, 0.5) is 0 Å². The molecule has 1 saturated heterocycles. The minimum atomic E-state index is -0.712. The van der Waals surface area contributed by atoms with E-state index in [1.54, 1.807) is 13.8 Å². The molecule has 0 saturated carbocycles. The summed E-state index contributed by atoms with van der Waals surface area (Å²) in [4.78, 5) is 22.6. The van der Waals surface area contributed by atoms with Crippen LogP contribution in [0.25, 0.3) is 0 Å². The van der Waals surface area contributed by atoms with Crippen LogP contribution >= 0.6 is 0 Å². The van der Waals surface area contributed by atoms with Crippen LogP contribution < -0.4 is 0 Å². The van der Waals surface area contributed by atoms with Crippen LogP contribution in [0.1, 0.15) is 20.3 Å². The van der Waals surface area contributed by atoms with Gasteiger partial charge in [-0.2, -0.15) is 0 Å². The third-order valence-corrected chi connectivity index (χ3v) is 2.60. The first kappa shape index (κ1) is 14.4. The molecule has 5 nitrogen and oxygen atoms in total. The number of hydrogen-bond donors (Lipinski definition) is 0. The lowest BCUT2D eigenvalue weighted by molar-refractivity contribution is -0.208. The van der Waals surface area contributed by atoms with E-state index in [2.05, 4.69) is 13.2 Å². The number of ether oxygens (including phenoxy) is 3. The van der Waals surface area contributed by atoms with Gasteiger partial charge in [-0.15, -0.1) is 0 Å². The van der Waals surface area contributed by atoms with Crippen LogP contribution in [0.3, 0.4) is 0 Å². The summed E-state index contributed by atoms with van der Waals surface area (Å²) >= 11 is 0. The fourth-order valence-electron chi connectivity index (χ4n) is 1.30. The van der Waals surface area contributed by atoms with Crippen LogP contribution in [0.5, 0.6) is 0 Å². The summed E-state index contributed by atoms with van der Waals surface area (Å²) in [6.45, 7) is 10.8. The van der Waals surface area contributed by atoms with E-state index in [-0.39, 0.29) is 13.2 Å². The summed E-state index contributed by atoms with van der Waals surface area (Å²) in [7, 11) is 0. The fraction of sp³-hybridized carbons (Fsp3) is 0.538. The average molecular weight is 254 g/mol. The van der Waals surface area contributed by atoms with Crippen LogP contribution in [0, 0.1) is 0 Å². The van der Waals surface area contributed by atoms with Crippen LogP contribution in [0.2, 0.25) is 0 Å². The topological polar surface area (TPSA) is 61.8 Å². The van der Waals surface area contributed by atoms with Crippen molar-refractivity contribution in [2.24, 2.45) is 0 Å². The highest BCUT2D eigenvalue weighted by Gasteiger charge is 2.41. The second-order valence-corrected chi connectivity index (χ2v) is 4.49. The Morgan fingerprint density at radius 1 is 1.11 bits per heavy atom. The summed E-state index contributed by atoms with van der Waals surface area (Å²) in [5, 5.41) is 0. The zero-order valence-electron chi connectivity index (χ0n) is 10.8. The minimum absolute atomic E-state index is 0.0577. The molecule has 0 aliphatic carbocycles. The molecule has 0 spiro atoms. The second-order valence-electron chi connectivity index (χ2n) is 4.49. The highest BCUT2D eigenvalue weighted by molar-refractivity contribution is 5.87. The van der Waals surface area contributed by atoms with E-state index >= 15 is 0 Å². The SMILES string of the molecule is C=C(C)C(=O)OCC1(COC(=O)C(=C)C)CCO1. The molecule has 0 bridgehead atoms. The first-order valence-corrected chi connectivity index (χ1v) is 5.65. The summed E-state index contributed by atoms with van der Waals surface area (Å²) in [6, 6.07) is 0. The number of carbonyl (C=O) groups is 2. The van der Waals surface area contributed by atoms with Gasteiger partial charge < -0.3 is 14.2 Å². The smallest absolute Gasteiger partial charge is 0.333 e. The van der Waals surface area contributed by atoms with Gasteiger partial charge in [-0.1, -0.05) is 13.2 Å². The third-order valence-electron chi connectivity index (χ3n) is 2.60. The number of carbonyl (C=O) groups excluding carboxylic acids is 2. The summed E-state index contributed by atoms with van der Waals surface area (Å²) in [5.74, 6) is -0.952. The molecule has 5 heteroatoms. The van der Waals surface area contributed by atoms with Crippen molar-refractivity contribution >= 4 is 11.9 Å². The van der Waals surface area contributed by atoms with Gasteiger partial charge in [-0.25, -0.2) is 9.59 Å². The number of rotatable bonds is 6. The van der Waals surface area contributed by atoms with Crippen LogP contribution in [0.15, 0.2) is 24.3 Å². The van der Waals surface area contributed by atoms with E-state index in [9.17, 15) is 9.59 Å². The molecule has 0 amide bonds. The van der Waals surface area contributed by atoms with Gasteiger partial charge in [0.15, 0.2) is 0 Å². The van der Waals surface area contributed by atoms with Gasteiger partial charge in [0, 0.05) is 17.6 Å². The van der Waals surface area contributed by atoms with Crippen molar-refractivity contribution in [3.8, 4) is 0 Å². The first-order chi connectivity index (χ1) is 8.36. The normalized spacial score (nSPS) is 16.3. The maximum absolute atomic E-state index is 11.3. The highest BCUT2D eigenvalue weighted by atomic mass is 16.6. The zero-order chi connectivity index (χ0) is 13.8. The lowest BCUT2D eigenvalue weighted by Gasteiger charge is -2.40. The molecule has 0 atom stereocenters. The van der Waals surface area contributed by atoms with Gasteiger partial charge in [0.25, 0.3) is 0 Å². The molecular weight excluding hydrogens is 236 g/mol. The monoisotopic (exact) mass is 254 g/mol. The molecule has 0 unspecified atom stereocenters. The van der Waals surface area contributed by atoms with Gasteiger partial charge in [0.2, 0.25) is 0 Å². The van der Waals surface area contributed by atoms with Crippen molar-refractivity contribution < 1.29 is 23.8 Å². The first-order valence-electron chi connectivity index (χ1n) is 5.65. The molecule has 0 aromatic carbocycles. The Bertz CT molecular complexity index is 347. The predicted molar refractivity (Wildman–Crippen MR) is 64.8 cm³/mol. The summed E-state index contributed by atoms with van der Waals surface area (Å²) in [5.41, 5.74) is -0.0669. The standard InChI is InChI=1S/C13H18O5/c1-9(2)11(14)16-7-13(5-6-18-13)8-17-12(15)10(3)4/h1,3,5-8H2,2,4H3. The molecule has 0 N–H and O–H groups in total. The maximum Gasteiger partial charge on any atom is 0.333 e. The molecule has 0 radical (unpaired) electrons. The molecular formula is C13H18O5. The third kappa shape index (κ3) is 3.70. The van der Waals surface area contributed by atoms with Crippen molar-refractivity contribution in [2.75, 3.05) is 19.8 Å². The Morgan fingerprint density at radius 3 is 1.72 bits per heavy atom. The number of hydrogen-bond acceptors (Lipinski definition) is 5. The summed E-state index contributed by atoms with van der Waals surface area (Å²) < 4.78 is 15.4. The van der Waals surface area contributed by atoms with Gasteiger partial charge in [-0.05, 0) is 13.8 Å². The lowest BCUT2D eigenvalue weighted by Crippen LogP contribution is -2.52. The lowest BCUT2D eigenvalue weighted by atomic mass is 9.97. The van der Waals surface area contributed by atoms with E-state index in [0.29, 0.717) is 24.2 Å². The van der Waals surface area contributed by atoms with Gasteiger partial charge in [-0.3, -0.25) is 0 Å². The number of esters is 2. The van der Waals surface area contributed by atoms with Crippen molar-refractivity contribution in [1.82, 2.24) is 0 Å². The largest absolute Gasteiger partial charge is 0.459 e. The fourth-order valence-corrected chi connectivity index (χ4v) is 1.30. The molecule has 1 aliphatic heterocycles. The molecule has 100 valence electrons. The Hall–Kier alpha value is -1.62. The van der Waals surface area contributed by atoms with Crippen molar-refractivity contribution in [2.45, 2.75) is 25.9 Å². The Morgan fingerprint density at radius 2 is 1.50 bits per heavy atom. The van der Waals surface area contributed by atoms with E-state index in [1.165, 1.54) is 0 Å². The minimum Gasteiger partial charge on any atom is -0.459 e. The molecule has 1 fully saturated rings. The molecule has 0 aromatic rings. The second kappa shape index (κ2) is 5.82. The molecule has 1 rings (SSSR count). The van der Waals surface area contributed by atoms with E-state index in [0.717, 1.165) is 0 Å². The highest BCUT2D eigenvalue weighted by Crippen LogP contribution is 2.27. The van der Waals surface area contributed by atoms with E-state index in [1.807, 2.05) is 0 Å². The average Bonchev–Trinajstić information content (AvgIpc) is 2.25. The molecule has 1 aliphatic rings. The van der Waals surface area contributed by atoms with Gasteiger partial charge in [0.1, 0.15) is 18.8 Å². The maximum atomic E-state index is 11.3. The molecule has 18 heavy (non-hydrogen) atoms. The van der Waals surface area contributed by atoms with E-state index in [4.69, 9.17) is 14.2 Å². The van der Waals surface area contributed by atoms with E-state index < -0.39 is 17.5 Å².